The van der Waals surface area contributed by atoms with Crippen LogP contribution in [0.3, 0.4) is 0 Å². The van der Waals surface area contributed by atoms with Gasteiger partial charge in [0.15, 0.2) is 6.20 Å². The summed E-state index contributed by atoms with van der Waals surface area (Å²) in [4.78, 5) is 0. The molecule has 0 aromatic carbocycles. The van der Waals surface area contributed by atoms with Crippen molar-refractivity contribution in [3.63, 3.8) is 0 Å². The fourth-order valence-electron chi connectivity index (χ4n) is 0.277. The van der Waals surface area contributed by atoms with Crippen LogP contribution in [0.4, 0.5) is 0 Å². The maximum atomic E-state index is 2.99. The van der Waals surface area contributed by atoms with Crippen LogP contribution in [0, 0.1) is 0 Å². The van der Waals surface area contributed by atoms with Gasteiger partial charge in [0.25, 0.3) is 0 Å². The average Bonchev–Trinajstić information content (AvgIpc) is 1.72. The van der Waals surface area contributed by atoms with Gasteiger partial charge in [-0.25, -0.2) is 0 Å². The maximum Gasteiger partial charge on any atom is 0.241 e. The van der Waals surface area contributed by atoms with Crippen molar-refractivity contribution in [2.24, 2.45) is 0 Å². The summed E-state index contributed by atoms with van der Waals surface area (Å²) in [6.45, 7) is 0. The van der Waals surface area contributed by atoms with E-state index in [1.54, 1.807) is 0 Å². The van der Waals surface area contributed by atoms with Crippen LogP contribution in [0.15, 0.2) is 24.1 Å². The van der Waals surface area contributed by atoms with Gasteiger partial charge in [0.2, 0.25) is 8.35 Å². The number of H-pyrrole nitrogens is 1. The summed E-state index contributed by atoms with van der Waals surface area (Å²) < 4.78 is 2.99. The number of hydrogen-bond donors (Lipinski definition) is 0. The molecule has 0 unspecified atom stereocenters. The zero-order valence-electron chi connectivity index (χ0n) is 3.26. The molecule has 6 heavy (non-hydrogen) atoms. The van der Waals surface area contributed by atoms with Crippen molar-refractivity contribution < 1.29 is 4.75 Å². The van der Waals surface area contributed by atoms with E-state index < -0.39 is 0 Å². The van der Waals surface area contributed by atoms with E-state index in [2.05, 4.69) is 4.75 Å². The zero-order valence-corrected chi connectivity index (χ0v) is 4.15. The van der Waals surface area contributed by atoms with Crippen molar-refractivity contribution in [2.75, 3.05) is 0 Å². The Morgan fingerprint density at radius 3 is 2.50 bits per heavy atom. The molecule has 1 rings (SSSR count). The number of aromatic nitrogens is 1. The van der Waals surface area contributed by atoms with Crippen molar-refractivity contribution in [2.45, 2.75) is 0 Å². The normalized spacial score (nSPS) is 9.33. The second kappa shape index (κ2) is 1.89. The highest BCUT2D eigenvalue weighted by atomic mass is 31.0. The molecule has 1 aromatic heterocycles. The average molecular weight is 98.1 g/mol. The van der Waals surface area contributed by atoms with Crippen molar-refractivity contribution in [1.82, 2.24) is 0 Å². The molecule has 1 nitrogen and oxygen atoms in total. The van der Waals surface area contributed by atoms with Crippen LogP contribution in [0.2, 0.25) is 0 Å². The van der Waals surface area contributed by atoms with Gasteiger partial charge in [-0.2, -0.15) is 4.75 Å². The quantitative estimate of drug-likeness (QED) is 0.461. The van der Waals surface area contributed by atoms with Crippen LogP contribution < -0.4 is 4.75 Å². The van der Waals surface area contributed by atoms with Gasteiger partial charge < -0.3 is 0 Å². The first-order chi connectivity index (χ1) is 3.00. The third-order valence-electron chi connectivity index (χ3n) is 0.517. The molecule has 0 aliphatic rings. The molecule has 0 aliphatic heterocycles. The monoisotopic (exact) mass is 98.0 g/mol. The molecular weight excluding hydrogens is 93.0 g/mol. The van der Waals surface area contributed by atoms with Crippen LogP contribution in [0.1, 0.15) is 0 Å². The summed E-state index contributed by atoms with van der Waals surface area (Å²) in [6.07, 6.45) is 1.92. The summed E-state index contributed by atoms with van der Waals surface area (Å²) in [7, 11) is 1.18. The minimum Gasteiger partial charge on any atom is -0.199 e. The predicted molar refractivity (Wildman–Crippen MR) is 25.5 cm³/mol. The fourth-order valence-corrected chi connectivity index (χ4v) is 0.721. The molecule has 0 radical (unpaired) electrons. The molecule has 30 valence electrons. The largest absolute Gasteiger partial charge is 0.241 e. The molecule has 2 heteroatoms. The number of nitrogens with one attached hydrogen (secondary N) is 1. The lowest BCUT2D eigenvalue weighted by Gasteiger charge is -1.61. The van der Waals surface area contributed by atoms with Gasteiger partial charge in [0.05, 0.1) is 0 Å². The summed E-state index contributed by atoms with van der Waals surface area (Å²) in [5.74, 6) is 2.04. The topological polar surface area (TPSA) is 14.1 Å². The summed E-state index contributed by atoms with van der Waals surface area (Å²) in [6, 6.07) is 3.98. The molecule has 0 amide bonds. The second-order valence-corrected chi connectivity index (χ2v) is 1.77. The predicted octanol–water partition coefficient (Wildman–Crippen LogP) is 1.08. The van der Waals surface area contributed by atoms with E-state index in [9.17, 15) is 0 Å². The van der Waals surface area contributed by atoms with Gasteiger partial charge in [0.1, 0.15) is 0 Å². The van der Waals surface area contributed by atoms with Crippen molar-refractivity contribution >= 4 is 8.35 Å². The van der Waals surface area contributed by atoms with E-state index in [0.29, 0.717) is 0 Å². The number of aromatic amines is 1. The van der Waals surface area contributed by atoms with Crippen LogP contribution in [0.25, 0.3) is 0 Å². The number of hydrogen-bond acceptors (Lipinski definition) is 0. The van der Waals surface area contributed by atoms with E-state index in [0.717, 1.165) is 0 Å². The van der Waals surface area contributed by atoms with Crippen molar-refractivity contribution in [3.8, 4) is 0 Å². The van der Waals surface area contributed by atoms with Gasteiger partial charge in [-0.1, -0.05) is 0 Å². The highest BCUT2D eigenvalue weighted by Crippen LogP contribution is 1.84. The fraction of sp³-hybridized carbons (Fsp3) is 0. The molecule has 1 N–H and O–H groups in total. The minimum absolute atomic E-state index is 1.18. The van der Waals surface area contributed by atoms with E-state index in [1.165, 1.54) is 8.35 Å². The lowest BCUT2D eigenvalue weighted by Crippen LogP contribution is -1.85. The Kier molecular flexibility index (Phi) is 1.18. The Bertz CT molecular complexity index is 79.5. The number of rotatable bonds is 0. The lowest BCUT2D eigenvalue weighted by molar-refractivity contribution is -0.289. The van der Waals surface area contributed by atoms with E-state index in [4.69, 9.17) is 0 Å². The lowest BCUT2D eigenvalue weighted by atomic mass is 10.7. The van der Waals surface area contributed by atoms with Gasteiger partial charge in [-0.3, -0.25) is 0 Å². The smallest absolute Gasteiger partial charge is 0.199 e. The summed E-state index contributed by atoms with van der Waals surface area (Å²) >= 11 is 0. The SMILES string of the molecule is c1ccp[nH+]c1. The first-order valence-electron chi connectivity index (χ1n) is 1.77. The molecule has 0 spiro atoms. The molecule has 0 fully saturated rings. The zero-order chi connectivity index (χ0) is 4.24. The molecule has 0 saturated carbocycles. The van der Waals surface area contributed by atoms with E-state index in [1.807, 2.05) is 24.1 Å². The van der Waals surface area contributed by atoms with E-state index in [-0.39, 0.29) is 0 Å². The Labute approximate surface area is 38.2 Å². The van der Waals surface area contributed by atoms with Gasteiger partial charge in [0, 0.05) is 11.9 Å². The Balaban J connectivity index is 3.00. The maximum absolute atomic E-state index is 2.99. The van der Waals surface area contributed by atoms with Gasteiger partial charge in [-0.15, -0.1) is 0 Å². The second-order valence-electron chi connectivity index (χ2n) is 0.959. The van der Waals surface area contributed by atoms with Crippen LogP contribution in [-0.4, -0.2) is 0 Å². The molecule has 1 heterocycles. The van der Waals surface area contributed by atoms with Crippen LogP contribution in [0.5, 0.6) is 0 Å². The van der Waals surface area contributed by atoms with Crippen LogP contribution >= 0.6 is 8.35 Å². The minimum atomic E-state index is 1.18. The Hall–Kier alpha value is -0.420. The Morgan fingerprint density at radius 1 is 1.33 bits per heavy atom. The van der Waals surface area contributed by atoms with Crippen molar-refractivity contribution in [1.29, 1.82) is 0 Å². The third kappa shape index (κ3) is 0.765. The summed E-state index contributed by atoms with van der Waals surface area (Å²) in [5.41, 5.74) is 0. The van der Waals surface area contributed by atoms with Gasteiger partial charge in [-0.05, 0) is 6.07 Å². The standard InChI is InChI=1S/C4H4NP/c1-2-4-6-5-3-1/h1-4H/p+1. The highest BCUT2D eigenvalue weighted by Gasteiger charge is 1.68. The molecule has 1 aromatic rings. The van der Waals surface area contributed by atoms with Crippen LogP contribution in [-0.2, 0) is 0 Å². The van der Waals surface area contributed by atoms with E-state index >= 15 is 0 Å². The molecule has 0 atom stereocenters. The first kappa shape index (κ1) is 3.76. The third-order valence-corrected chi connectivity index (χ3v) is 1.14. The highest BCUT2D eigenvalue weighted by molar-refractivity contribution is 7.20. The molecule has 0 aliphatic carbocycles. The molecule has 0 saturated heterocycles. The molecule has 0 bridgehead atoms. The van der Waals surface area contributed by atoms with Gasteiger partial charge >= 0.3 is 0 Å². The van der Waals surface area contributed by atoms with Crippen molar-refractivity contribution in [3.05, 3.63) is 24.1 Å². The molecular formula is C4H5NP+. The summed E-state index contributed by atoms with van der Waals surface area (Å²) in [5, 5.41) is 0. The first-order valence-corrected chi connectivity index (χ1v) is 2.73. The Morgan fingerprint density at radius 2 is 2.33 bits per heavy atom.